The summed E-state index contributed by atoms with van der Waals surface area (Å²) in [6.07, 6.45) is 4.74. The lowest BCUT2D eigenvalue weighted by molar-refractivity contribution is 0.177. The fraction of sp³-hybridized carbons (Fsp3) is 0.250. The summed E-state index contributed by atoms with van der Waals surface area (Å²) in [5.74, 6) is 0.571. The first-order chi connectivity index (χ1) is 7.79. The number of rotatable bonds is 4. The molecule has 0 aliphatic carbocycles. The van der Waals surface area contributed by atoms with E-state index in [1.165, 1.54) is 0 Å². The highest BCUT2D eigenvalue weighted by Gasteiger charge is 2.09. The van der Waals surface area contributed by atoms with E-state index in [-0.39, 0.29) is 0 Å². The van der Waals surface area contributed by atoms with Crippen molar-refractivity contribution >= 4 is 0 Å². The number of aromatic nitrogens is 1. The molecule has 0 saturated carbocycles. The summed E-state index contributed by atoms with van der Waals surface area (Å²) < 4.78 is 9.87. The van der Waals surface area contributed by atoms with E-state index in [1.54, 1.807) is 38.0 Å². The molecular weight excluding hydrogens is 206 g/mol. The van der Waals surface area contributed by atoms with Crippen LogP contribution in [0.25, 0.3) is 0 Å². The molecule has 1 N–H and O–H groups in total. The minimum Gasteiger partial charge on any atom is -0.481 e. The average molecular weight is 219 g/mol. The van der Waals surface area contributed by atoms with Crippen LogP contribution < -0.4 is 4.74 Å². The third-order valence-electron chi connectivity index (χ3n) is 2.36. The summed E-state index contributed by atoms with van der Waals surface area (Å²) in [6.45, 7) is 0. The number of nitrogens with zero attached hydrogens (tertiary/aromatic N) is 1. The van der Waals surface area contributed by atoms with Gasteiger partial charge in [0, 0.05) is 24.2 Å². The van der Waals surface area contributed by atoms with E-state index in [9.17, 15) is 5.11 Å². The number of methoxy groups -OCH3 is 1. The maximum Gasteiger partial charge on any atom is 0.212 e. The summed E-state index contributed by atoms with van der Waals surface area (Å²) in [5.41, 5.74) is 1.73. The second-order valence-corrected chi connectivity index (χ2v) is 3.49. The average Bonchev–Trinajstić information content (AvgIpc) is 2.83. The minimum atomic E-state index is -0.561. The molecule has 0 bridgehead atoms. The Balaban J connectivity index is 2.03. The molecule has 0 spiro atoms. The first kappa shape index (κ1) is 10.7. The van der Waals surface area contributed by atoms with E-state index in [0.29, 0.717) is 12.3 Å². The minimum absolute atomic E-state index is 0.510. The van der Waals surface area contributed by atoms with Crippen LogP contribution >= 0.6 is 0 Å². The molecule has 0 radical (unpaired) electrons. The van der Waals surface area contributed by atoms with Gasteiger partial charge in [0.15, 0.2) is 0 Å². The molecule has 2 heterocycles. The van der Waals surface area contributed by atoms with Crippen molar-refractivity contribution in [2.45, 2.75) is 12.5 Å². The van der Waals surface area contributed by atoms with Crippen LogP contribution in [0.3, 0.4) is 0 Å². The lowest BCUT2D eigenvalue weighted by Crippen LogP contribution is -2.01. The van der Waals surface area contributed by atoms with Crippen LogP contribution in [0.5, 0.6) is 5.88 Å². The van der Waals surface area contributed by atoms with Gasteiger partial charge in [0.1, 0.15) is 0 Å². The smallest absolute Gasteiger partial charge is 0.212 e. The molecule has 0 amide bonds. The quantitative estimate of drug-likeness (QED) is 0.854. The van der Waals surface area contributed by atoms with Crippen molar-refractivity contribution in [2.75, 3.05) is 7.11 Å². The number of aliphatic hydroxyl groups is 1. The summed E-state index contributed by atoms with van der Waals surface area (Å²) in [4.78, 5) is 4.07. The zero-order valence-electron chi connectivity index (χ0n) is 8.96. The Morgan fingerprint density at radius 2 is 2.31 bits per heavy atom. The molecule has 1 atom stereocenters. The molecule has 4 heteroatoms. The van der Waals surface area contributed by atoms with Gasteiger partial charge in [0.2, 0.25) is 5.88 Å². The Labute approximate surface area is 93.5 Å². The van der Waals surface area contributed by atoms with E-state index in [1.807, 2.05) is 6.07 Å². The normalized spacial score (nSPS) is 12.4. The van der Waals surface area contributed by atoms with E-state index in [2.05, 4.69) is 4.98 Å². The molecule has 0 aliphatic heterocycles. The summed E-state index contributed by atoms with van der Waals surface area (Å²) in [6, 6.07) is 5.41. The second kappa shape index (κ2) is 4.81. The largest absolute Gasteiger partial charge is 0.481 e. The Morgan fingerprint density at radius 1 is 1.44 bits per heavy atom. The van der Waals surface area contributed by atoms with Crippen molar-refractivity contribution in [3.05, 3.63) is 48.0 Å². The van der Waals surface area contributed by atoms with Crippen LogP contribution in [-0.2, 0) is 6.42 Å². The van der Waals surface area contributed by atoms with Gasteiger partial charge in [0.05, 0.1) is 25.7 Å². The maximum absolute atomic E-state index is 9.87. The molecule has 0 saturated heterocycles. The topological polar surface area (TPSA) is 55.5 Å². The van der Waals surface area contributed by atoms with Crippen LogP contribution in [0.2, 0.25) is 0 Å². The van der Waals surface area contributed by atoms with Crippen LogP contribution in [0.15, 0.2) is 41.3 Å². The highest BCUT2D eigenvalue weighted by Crippen LogP contribution is 2.18. The van der Waals surface area contributed by atoms with Crippen molar-refractivity contribution in [3.63, 3.8) is 0 Å². The lowest BCUT2D eigenvalue weighted by Gasteiger charge is -2.08. The van der Waals surface area contributed by atoms with Crippen molar-refractivity contribution in [1.82, 2.24) is 4.98 Å². The van der Waals surface area contributed by atoms with Crippen molar-refractivity contribution in [3.8, 4) is 5.88 Å². The first-order valence-corrected chi connectivity index (χ1v) is 4.98. The van der Waals surface area contributed by atoms with Gasteiger partial charge in [-0.15, -0.1) is 0 Å². The third-order valence-corrected chi connectivity index (χ3v) is 2.36. The lowest BCUT2D eigenvalue weighted by atomic mass is 10.1. The predicted octanol–water partition coefficient (Wildman–Crippen LogP) is 1.96. The molecule has 2 rings (SSSR count). The van der Waals surface area contributed by atoms with Gasteiger partial charge >= 0.3 is 0 Å². The van der Waals surface area contributed by atoms with Gasteiger partial charge in [-0.05, 0) is 11.6 Å². The van der Waals surface area contributed by atoms with E-state index in [0.717, 1.165) is 11.1 Å². The number of pyridine rings is 1. The highest BCUT2D eigenvalue weighted by molar-refractivity contribution is 5.20. The van der Waals surface area contributed by atoms with Gasteiger partial charge in [-0.3, -0.25) is 0 Å². The predicted molar refractivity (Wildman–Crippen MR) is 58.2 cm³/mol. The fourth-order valence-corrected chi connectivity index (χ4v) is 1.46. The van der Waals surface area contributed by atoms with Gasteiger partial charge in [-0.2, -0.15) is 0 Å². The van der Waals surface area contributed by atoms with Crippen molar-refractivity contribution in [1.29, 1.82) is 0 Å². The highest BCUT2D eigenvalue weighted by atomic mass is 16.5. The van der Waals surface area contributed by atoms with Gasteiger partial charge in [-0.1, -0.05) is 6.07 Å². The zero-order valence-corrected chi connectivity index (χ0v) is 8.96. The number of hydrogen-bond acceptors (Lipinski definition) is 4. The molecule has 84 valence electrons. The van der Waals surface area contributed by atoms with Crippen LogP contribution in [0, 0.1) is 0 Å². The third kappa shape index (κ3) is 2.41. The van der Waals surface area contributed by atoms with Gasteiger partial charge in [0.25, 0.3) is 0 Å². The Bertz CT molecular complexity index is 422. The number of furan rings is 1. The molecule has 0 aromatic carbocycles. The van der Waals surface area contributed by atoms with Crippen molar-refractivity contribution in [2.24, 2.45) is 0 Å². The van der Waals surface area contributed by atoms with Crippen LogP contribution in [0.1, 0.15) is 17.2 Å². The summed E-state index contributed by atoms with van der Waals surface area (Å²) in [7, 11) is 1.57. The molecule has 4 nitrogen and oxygen atoms in total. The molecule has 2 aromatic rings. The molecule has 16 heavy (non-hydrogen) atoms. The second-order valence-electron chi connectivity index (χ2n) is 3.49. The van der Waals surface area contributed by atoms with Crippen LogP contribution in [-0.4, -0.2) is 17.2 Å². The molecule has 1 unspecified atom stereocenters. The molecule has 2 aromatic heterocycles. The first-order valence-electron chi connectivity index (χ1n) is 4.98. The monoisotopic (exact) mass is 219 g/mol. The maximum atomic E-state index is 9.87. The Morgan fingerprint density at radius 3 is 2.88 bits per heavy atom. The summed E-state index contributed by atoms with van der Waals surface area (Å²) in [5, 5.41) is 9.87. The van der Waals surface area contributed by atoms with Crippen molar-refractivity contribution < 1.29 is 14.3 Å². The SMILES string of the molecule is COc1ccc(CC(O)c2ccoc2)cn1. The van der Waals surface area contributed by atoms with Gasteiger partial charge in [-0.25, -0.2) is 4.98 Å². The Hall–Kier alpha value is -1.81. The summed E-state index contributed by atoms with van der Waals surface area (Å²) >= 11 is 0. The number of aliphatic hydroxyl groups excluding tert-OH is 1. The van der Waals surface area contributed by atoms with Crippen LogP contribution in [0.4, 0.5) is 0 Å². The van der Waals surface area contributed by atoms with E-state index < -0.39 is 6.10 Å². The van der Waals surface area contributed by atoms with E-state index >= 15 is 0 Å². The molecular formula is C12H13NO3. The molecule has 0 fully saturated rings. The number of hydrogen-bond donors (Lipinski definition) is 1. The van der Waals surface area contributed by atoms with E-state index in [4.69, 9.17) is 9.15 Å². The Kier molecular flexibility index (Phi) is 3.22. The fourth-order valence-electron chi connectivity index (χ4n) is 1.46. The number of ether oxygens (including phenoxy) is 1. The zero-order chi connectivity index (χ0) is 11.4. The molecule has 0 aliphatic rings. The van der Waals surface area contributed by atoms with Gasteiger partial charge < -0.3 is 14.3 Å². The standard InChI is InChI=1S/C12H13NO3/c1-15-12-3-2-9(7-13-12)6-11(14)10-4-5-16-8-10/h2-5,7-8,11,14H,6H2,1H3.